The van der Waals surface area contributed by atoms with Gasteiger partial charge in [-0.25, -0.2) is 4.79 Å². The highest BCUT2D eigenvalue weighted by Gasteiger charge is 2.30. The predicted molar refractivity (Wildman–Crippen MR) is 118 cm³/mol. The summed E-state index contributed by atoms with van der Waals surface area (Å²) in [7, 11) is 0. The van der Waals surface area contributed by atoms with Crippen molar-refractivity contribution < 1.29 is 19.4 Å². The van der Waals surface area contributed by atoms with Gasteiger partial charge in [-0.05, 0) is 35.4 Å². The van der Waals surface area contributed by atoms with Crippen molar-refractivity contribution in [1.82, 2.24) is 4.90 Å². The molecular formula is C26H25NO4. The van der Waals surface area contributed by atoms with E-state index in [1.807, 2.05) is 65.6 Å². The molecule has 1 fully saturated rings. The zero-order valence-corrected chi connectivity index (χ0v) is 17.2. The van der Waals surface area contributed by atoms with Crippen molar-refractivity contribution in [1.29, 1.82) is 0 Å². The first-order valence-electron chi connectivity index (χ1n) is 10.5. The van der Waals surface area contributed by atoms with Crippen molar-refractivity contribution >= 4 is 11.9 Å². The second-order valence-corrected chi connectivity index (χ2v) is 7.73. The van der Waals surface area contributed by atoms with Crippen LogP contribution in [0.15, 0.2) is 84.9 Å². The van der Waals surface area contributed by atoms with E-state index in [1.165, 1.54) is 0 Å². The molecule has 5 nitrogen and oxygen atoms in total. The number of aromatic carboxylic acids is 1. The number of ether oxygens (including phenoxy) is 1. The molecule has 1 amide bonds. The van der Waals surface area contributed by atoms with Crippen LogP contribution in [0.25, 0.3) is 0 Å². The Morgan fingerprint density at radius 3 is 1.81 bits per heavy atom. The highest BCUT2D eigenvalue weighted by molar-refractivity contribution is 5.88. The summed E-state index contributed by atoms with van der Waals surface area (Å²) in [6.07, 6.45) is 1.48. The fourth-order valence-electron chi connectivity index (χ4n) is 4.01. The normalized spacial score (nSPS) is 14.4. The number of hydrogen-bond donors (Lipinski definition) is 1. The number of amides is 1. The molecule has 1 aliphatic rings. The van der Waals surface area contributed by atoms with E-state index >= 15 is 0 Å². The second kappa shape index (κ2) is 9.47. The summed E-state index contributed by atoms with van der Waals surface area (Å²) in [6, 6.07) is 26.3. The first-order chi connectivity index (χ1) is 15.1. The van der Waals surface area contributed by atoms with Crippen molar-refractivity contribution in [3.8, 4) is 5.75 Å². The number of hydrogen-bond acceptors (Lipinski definition) is 3. The molecule has 0 saturated carbocycles. The van der Waals surface area contributed by atoms with Crippen molar-refractivity contribution in [3.05, 3.63) is 102 Å². The lowest BCUT2D eigenvalue weighted by molar-refractivity contribution is -0.133. The van der Waals surface area contributed by atoms with Crippen LogP contribution in [0.4, 0.5) is 0 Å². The van der Waals surface area contributed by atoms with E-state index < -0.39 is 5.97 Å². The van der Waals surface area contributed by atoms with Gasteiger partial charge in [0, 0.05) is 25.9 Å². The van der Waals surface area contributed by atoms with Crippen LogP contribution in [-0.2, 0) is 4.79 Å². The molecule has 4 rings (SSSR count). The lowest BCUT2D eigenvalue weighted by atomic mass is 9.89. The van der Waals surface area contributed by atoms with Crippen LogP contribution in [0, 0.1) is 0 Å². The van der Waals surface area contributed by atoms with E-state index in [0.717, 1.165) is 24.0 Å². The van der Waals surface area contributed by atoms with Crippen LogP contribution >= 0.6 is 0 Å². The summed E-state index contributed by atoms with van der Waals surface area (Å²) in [5, 5.41) is 9.01. The Kier molecular flexibility index (Phi) is 6.32. The molecule has 5 heteroatoms. The van der Waals surface area contributed by atoms with Crippen LogP contribution in [0.5, 0.6) is 5.75 Å². The molecule has 3 aromatic carbocycles. The Labute approximate surface area is 181 Å². The molecule has 0 aliphatic carbocycles. The number of piperidine rings is 1. The van der Waals surface area contributed by atoms with Crippen LogP contribution in [0.2, 0.25) is 0 Å². The molecule has 0 spiro atoms. The standard InChI is InChI=1S/C26H25NO4/c28-25(24(19-7-3-1-4-8-19)20-9-5-2-6-10-20)27-17-15-23(16-18-27)31-22-13-11-21(12-14-22)26(29)30/h1-14,23-24H,15-18H2,(H,29,30). The van der Waals surface area contributed by atoms with Crippen molar-refractivity contribution in [3.63, 3.8) is 0 Å². The topological polar surface area (TPSA) is 66.8 Å². The highest BCUT2D eigenvalue weighted by atomic mass is 16.5. The first-order valence-corrected chi connectivity index (χ1v) is 10.5. The molecular weight excluding hydrogens is 390 g/mol. The number of carboxylic acids is 1. The van der Waals surface area contributed by atoms with Crippen LogP contribution in [0.3, 0.4) is 0 Å². The van der Waals surface area contributed by atoms with E-state index in [1.54, 1.807) is 24.3 Å². The Morgan fingerprint density at radius 1 is 0.806 bits per heavy atom. The van der Waals surface area contributed by atoms with Gasteiger partial charge in [-0.2, -0.15) is 0 Å². The number of nitrogens with zero attached hydrogens (tertiary/aromatic N) is 1. The number of likely N-dealkylation sites (tertiary alicyclic amines) is 1. The van der Waals surface area contributed by atoms with Gasteiger partial charge >= 0.3 is 5.97 Å². The van der Waals surface area contributed by atoms with Gasteiger partial charge in [0.15, 0.2) is 0 Å². The monoisotopic (exact) mass is 415 g/mol. The maximum atomic E-state index is 13.5. The molecule has 0 bridgehead atoms. The maximum Gasteiger partial charge on any atom is 0.335 e. The molecule has 0 unspecified atom stereocenters. The number of benzene rings is 3. The van der Waals surface area contributed by atoms with Crippen molar-refractivity contribution in [2.45, 2.75) is 24.9 Å². The Balaban J connectivity index is 1.42. The molecule has 31 heavy (non-hydrogen) atoms. The van der Waals surface area contributed by atoms with E-state index in [4.69, 9.17) is 9.84 Å². The highest BCUT2D eigenvalue weighted by Crippen LogP contribution is 2.29. The largest absolute Gasteiger partial charge is 0.490 e. The van der Waals surface area contributed by atoms with Gasteiger partial charge in [-0.1, -0.05) is 60.7 Å². The van der Waals surface area contributed by atoms with Crippen LogP contribution in [-0.4, -0.2) is 41.1 Å². The number of carboxylic acid groups (broad SMARTS) is 1. The summed E-state index contributed by atoms with van der Waals surface area (Å²) >= 11 is 0. The second-order valence-electron chi connectivity index (χ2n) is 7.73. The van der Waals surface area contributed by atoms with Gasteiger partial charge in [-0.15, -0.1) is 0 Å². The molecule has 0 aromatic heterocycles. The minimum Gasteiger partial charge on any atom is -0.490 e. The van der Waals surface area contributed by atoms with Gasteiger partial charge < -0.3 is 14.7 Å². The number of carbonyl (C=O) groups excluding carboxylic acids is 1. The minimum atomic E-state index is -0.954. The first kappa shape index (κ1) is 20.7. The summed E-state index contributed by atoms with van der Waals surface area (Å²) < 4.78 is 6.02. The minimum absolute atomic E-state index is 0.00614. The molecule has 1 aliphatic heterocycles. The van der Waals surface area contributed by atoms with E-state index in [9.17, 15) is 9.59 Å². The molecule has 0 atom stereocenters. The Hall–Kier alpha value is -3.60. The molecule has 1 heterocycles. The van der Waals surface area contributed by atoms with Gasteiger partial charge in [0.2, 0.25) is 5.91 Å². The van der Waals surface area contributed by atoms with E-state index in [-0.39, 0.29) is 23.5 Å². The molecule has 158 valence electrons. The lowest BCUT2D eigenvalue weighted by Crippen LogP contribution is -2.44. The Bertz CT molecular complexity index is 971. The quantitative estimate of drug-likeness (QED) is 0.640. The maximum absolute atomic E-state index is 13.5. The Morgan fingerprint density at radius 2 is 1.32 bits per heavy atom. The third-order valence-electron chi connectivity index (χ3n) is 5.67. The van der Waals surface area contributed by atoms with Crippen molar-refractivity contribution in [2.24, 2.45) is 0 Å². The lowest BCUT2D eigenvalue weighted by Gasteiger charge is -2.34. The predicted octanol–water partition coefficient (Wildman–Crippen LogP) is 4.59. The molecule has 0 radical (unpaired) electrons. The molecule has 1 saturated heterocycles. The number of carbonyl (C=O) groups is 2. The summed E-state index contributed by atoms with van der Waals surface area (Å²) in [5.74, 6) is -0.504. The zero-order valence-electron chi connectivity index (χ0n) is 17.2. The summed E-state index contributed by atoms with van der Waals surface area (Å²) in [6.45, 7) is 1.26. The summed E-state index contributed by atoms with van der Waals surface area (Å²) in [5.41, 5.74) is 2.23. The van der Waals surface area contributed by atoms with Crippen LogP contribution < -0.4 is 4.74 Å². The van der Waals surface area contributed by atoms with Crippen LogP contribution in [0.1, 0.15) is 40.2 Å². The fourth-order valence-corrected chi connectivity index (χ4v) is 4.01. The summed E-state index contributed by atoms with van der Waals surface area (Å²) in [4.78, 5) is 26.4. The average Bonchev–Trinajstić information content (AvgIpc) is 2.81. The van der Waals surface area contributed by atoms with E-state index in [0.29, 0.717) is 18.8 Å². The SMILES string of the molecule is O=C(O)c1ccc(OC2CCN(C(=O)C(c3ccccc3)c3ccccc3)CC2)cc1. The van der Waals surface area contributed by atoms with E-state index in [2.05, 4.69) is 0 Å². The zero-order chi connectivity index (χ0) is 21.6. The third-order valence-corrected chi connectivity index (χ3v) is 5.67. The van der Waals surface area contributed by atoms with Gasteiger partial charge in [0.25, 0.3) is 0 Å². The van der Waals surface area contributed by atoms with Gasteiger partial charge in [0.1, 0.15) is 11.9 Å². The van der Waals surface area contributed by atoms with Gasteiger partial charge in [-0.3, -0.25) is 4.79 Å². The fraction of sp³-hybridized carbons (Fsp3) is 0.231. The average molecular weight is 415 g/mol. The van der Waals surface area contributed by atoms with Gasteiger partial charge in [0.05, 0.1) is 11.5 Å². The number of rotatable bonds is 6. The van der Waals surface area contributed by atoms with Crippen molar-refractivity contribution in [2.75, 3.05) is 13.1 Å². The third kappa shape index (κ3) is 4.94. The molecule has 1 N–H and O–H groups in total. The smallest absolute Gasteiger partial charge is 0.335 e. The molecule has 3 aromatic rings.